The van der Waals surface area contributed by atoms with E-state index in [9.17, 15) is 4.79 Å². The van der Waals surface area contributed by atoms with Crippen molar-refractivity contribution < 1.29 is 9.53 Å². The number of rotatable bonds is 7. The van der Waals surface area contributed by atoms with E-state index in [1.165, 1.54) is 0 Å². The summed E-state index contributed by atoms with van der Waals surface area (Å²) in [5, 5.41) is 3.31. The maximum atomic E-state index is 12.7. The van der Waals surface area contributed by atoms with Gasteiger partial charge in [-0.3, -0.25) is 4.79 Å². The van der Waals surface area contributed by atoms with Crippen molar-refractivity contribution in [2.75, 3.05) is 31.7 Å². The predicted octanol–water partition coefficient (Wildman–Crippen LogP) is 2.24. The molecule has 0 radical (unpaired) electrons. The van der Waals surface area contributed by atoms with Gasteiger partial charge in [-0.2, -0.15) is 0 Å². The maximum Gasteiger partial charge on any atom is 0.228 e. The van der Waals surface area contributed by atoms with Gasteiger partial charge in [0.2, 0.25) is 11.9 Å². The van der Waals surface area contributed by atoms with Gasteiger partial charge < -0.3 is 15.0 Å². The predicted molar refractivity (Wildman–Crippen MR) is 97.6 cm³/mol. The molecule has 0 spiro atoms. The van der Waals surface area contributed by atoms with Gasteiger partial charge in [-0.1, -0.05) is 13.3 Å². The minimum atomic E-state index is -0.282. The van der Waals surface area contributed by atoms with Gasteiger partial charge in [0.1, 0.15) is 0 Å². The molecular weight excluding hydrogens is 316 g/mol. The molecule has 2 heterocycles. The summed E-state index contributed by atoms with van der Waals surface area (Å²) in [7, 11) is 1.67. The smallest absolute Gasteiger partial charge is 0.228 e. The first-order valence-electron chi connectivity index (χ1n) is 9.34. The number of carbonyl (C=O) groups is 1. The van der Waals surface area contributed by atoms with Gasteiger partial charge in [0.15, 0.2) is 0 Å². The lowest BCUT2D eigenvalue weighted by atomic mass is 9.97. The molecule has 1 aromatic rings. The molecule has 1 aliphatic heterocycles. The lowest BCUT2D eigenvalue weighted by molar-refractivity contribution is -0.129. The van der Waals surface area contributed by atoms with Crippen LogP contribution >= 0.6 is 0 Å². The first-order valence-corrected chi connectivity index (χ1v) is 9.34. The number of hydrogen-bond donors (Lipinski definition) is 1. The van der Waals surface area contributed by atoms with Gasteiger partial charge in [-0.15, -0.1) is 0 Å². The summed E-state index contributed by atoms with van der Waals surface area (Å²) in [6.07, 6.45) is 4.08. The number of methoxy groups -OCH3 is 1. The molecule has 25 heavy (non-hydrogen) atoms. The first kappa shape index (κ1) is 18.1. The van der Waals surface area contributed by atoms with E-state index in [0.717, 1.165) is 56.1 Å². The van der Waals surface area contributed by atoms with Crippen LogP contribution in [-0.2, 0) is 9.53 Å². The summed E-state index contributed by atoms with van der Waals surface area (Å²) in [5.41, 5.74) is 1.69. The molecule has 6 nitrogen and oxygen atoms in total. The second-order valence-corrected chi connectivity index (χ2v) is 7.70. The molecule has 0 aromatic carbocycles. The average Bonchev–Trinajstić information content (AvgIpc) is 3.23. The Morgan fingerprint density at radius 2 is 2.00 bits per heavy atom. The molecule has 2 fully saturated rings. The number of anilines is 1. The standard InChI is InChI=1S/C19H30N4O2/c1-5-6-15-10-23(18-20-13(2)9-14(3)21-18)11-16(15)22-17(24)19(7-8-19)12-25-4/h9,15-16H,5-8,10-12H2,1-4H3,(H,22,24)/t15-,16-/m1/s1. The highest BCUT2D eigenvalue weighted by atomic mass is 16.5. The Labute approximate surface area is 150 Å². The van der Waals surface area contributed by atoms with Crippen LogP contribution in [0.2, 0.25) is 0 Å². The van der Waals surface area contributed by atoms with E-state index in [0.29, 0.717) is 12.5 Å². The minimum absolute atomic E-state index is 0.156. The minimum Gasteiger partial charge on any atom is -0.384 e. The number of aromatic nitrogens is 2. The Balaban J connectivity index is 1.71. The molecule has 1 saturated heterocycles. The maximum absolute atomic E-state index is 12.7. The number of nitrogens with one attached hydrogen (secondary N) is 1. The van der Waals surface area contributed by atoms with Crippen LogP contribution in [0.4, 0.5) is 5.95 Å². The Morgan fingerprint density at radius 1 is 1.32 bits per heavy atom. The molecule has 1 amide bonds. The fraction of sp³-hybridized carbons (Fsp3) is 0.737. The van der Waals surface area contributed by atoms with Crippen LogP contribution in [0.5, 0.6) is 0 Å². The van der Waals surface area contributed by atoms with Gasteiger partial charge in [0, 0.05) is 31.6 Å². The lowest BCUT2D eigenvalue weighted by Gasteiger charge is -2.22. The van der Waals surface area contributed by atoms with Crippen molar-refractivity contribution in [1.82, 2.24) is 15.3 Å². The Hall–Kier alpha value is -1.69. The number of nitrogens with zero attached hydrogens (tertiary/aromatic N) is 3. The first-order chi connectivity index (χ1) is 12.0. The molecular formula is C19H30N4O2. The third-order valence-electron chi connectivity index (χ3n) is 5.43. The third kappa shape index (κ3) is 3.94. The number of hydrogen-bond acceptors (Lipinski definition) is 5. The van der Waals surface area contributed by atoms with Crippen molar-refractivity contribution >= 4 is 11.9 Å². The van der Waals surface area contributed by atoms with E-state index in [4.69, 9.17) is 4.74 Å². The molecule has 138 valence electrons. The third-order valence-corrected chi connectivity index (χ3v) is 5.43. The summed E-state index contributed by atoms with van der Waals surface area (Å²) in [4.78, 5) is 24.2. The number of carbonyl (C=O) groups excluding carboxylic acids is 1. The highest BCUT2D eigenvalue weighted by molar-refractivity contribution is 5.85. The zero-order valence-electron chi connectivity index (χ0n) is 15.8. The average molecular weight is 346 g/mol. The zero-order chi connectivity index (χ0) is 18.0. The van der Waals surface area contributed by atoms with E-state index < -0.39 is 0 Å². The molecule has 0 bridgehead atoms. The van der Waals surface area contributed by atoms with Crippen molar-refractivity contribution in [3.63, 3.8) is 0 Å². The quantitative estimate of drug-likeness (QED) is 0.820. The van der Waals surface area contributed by atoms with Crippen molar-refractivity contribution in [3.8, 4) is 0 Å². The van der Waals surface area contributed by atoms with E-state index >= 15 is 0 Å². The van der Waals surface area contributed by atoms with Crippen LogP contribution in [0.3, 0.4) is 0 Å². The summed E-state index contributed by atoms with van der Waals surface area (Å²) in [6.45, 7) is 8.40. The SMILES string of the molecule is CCC[C@@H]1CN(c2nc(C)cc(C)n2)C[C@H]1NC(=O)C1(COC)CC1. The van der Waals surface area contributed by atoms with Crippen molar-refractivity contribution in [2.45, 2.75) is 52.5 Å². The molecule has 2 atom stereocenters. The van der Waals surface area contributed by atoms with Crippen LogP contribution < -0.4 is 10.2 Å². The van der Waals surface area contributed by atoms with Crippen molar-refractivity contribution in [1.29, 1.82) is 0 Å². The van der Waals surface area contributed by atoms with Crippen molar-refractivity contribution in [3.05, 3.63) is 17.5 Å². The Kier molecular flexibility index (Phi) is 5.27. The monoisotopic (exact) mass is 346 g/mol. The van der Waals surface area contributed by atoms with Gasteiger partial charge >= 0.3 is 0 Å². The van der Waals surface area contributed by atoms with Gasteiger partial charge in [0.25, 0.3) is 0 Å². The van der Waals surface area contributed by atoms with Gasteiger partial charge in [-0.25, -0.2) is 9.97 Å². The summed E-state index contributed by atoms with van der Waals surface area (Å²) < 4.78 is 5.25. The number of amides is 1. The molecule has 0 unspecified atom stereocenters. The highest BCUT2D eigenvalue weighted by Crippen LogP contribution is 2.46. The second-order valence-electron chi connectivity index (χ2n) is 7.70. The normalized spacial score (nSPS) is 24.4. The molecule has 1 saturated carbocycles. The van der Waals surface area contributed by atoms with Gasteiger partial charge in [-0.05, 0) is 45.1 Å². The van der Waals surface area contributed by atoms with Crippen LogP contribution in [0.15, 0.2) is 6.07 Å². The van der Waals surface area contributed by atoms with Crippen LogP contribution in [0, 0.1) is 25.2 Å². The number of ether oxygens (including phenoxy) is 1. The van der Waals surface area contributed by atoms with E-state index in [1.54, 1.807) is 7.11 Å². The largest absolute Gasteiger partial charge is 0.384 e. The molecule has 2 aliphatic rings. The zero-order valence-corrected chi connectivity index (χ0v) is 15.8. The fourth-order valence-electron chi connectivity index (χ4n) is 3.90. The summed E-state index contributed by atoms with van der Waals surface area (Å²) in [5.74, 6) is 1.38. The Morgan fingerprint density at radius 3 is 2.56 bits per heavy atom. The molecule has 1 aromatic heterocycles. The van der Waals surface area contributed by atoms with Crippen molar-refractivity contribution in [2.24, 2.45) is 11.3 Å². The van der Waals surface area contributed by atoms with E-state index in [-0.39, 0.29) is 17.4 Å². The molecule has 3 rings (SSSR count). The number of aryl methyl sites for hydroxylation is 2. The molecule has 1 N–H and O–H groups in total. The topological polar surface area (TPSA) is 67.4 Å². The second kappa shape index (κ2) is 7.28. The molecule has 1 aliphatic carbocycles. The summed E-state index contributed by atoms with van der Waals surface area (Å²) >= 11 is 0. The molecule has 6 heteroatoms. The Bertz CT molecular complexity index is 610. The van der Waals surface area contributed by atoms with Gasteiger partial charge in [0.05, 0.1) is 18.1 Å². The fourth-order valence-corrected chi connectivity index (χ4v) is 3.90. The van der Waals surface area contributed by atoms with Crippen LogP contribution in [0.25, 0.3) is 0 Å². The lowest BCUT2D eigenvalue weighted by Crippen LogP contribution is -2.45. The van der Waals surface area contributed by atoms with E-state index in [2.05, 4.69) is 27.1 Å². The van der Waals surface area contributed by atoms with Crippen LogP contribution in [0.1, 0.15) is 44.0 Å². The van der Waals surface area contributed by atoms with E-state index in [1.807, 2.05) is 19.9 Å². The van der Waals surface area contributed by atoms with Crippen LogP contribution in [-0.4, -0.2) is 48.7 Å². The summed E-state index contributed by atoms with van der Waals surface area (Å²) in [6, 6.07) is 2.15. The highest BCUT2D eigenvalue weighted by Gasteiger charge is 2.51.